The van der Waals surface area contributed by atoms with Gasteiger partial charge in [0.05, 0.1) is 18.3 Å². The zero-order chi connectivity index (χ0) is 18.2. The van der Waals surface area contributed by atoms with Crippen LogP contribution in [0.2, 0.25) is 0 Å². The van der Waals surface area contributed by atoms with Crippen LogP contribution in [0.25, 0.3) is 0 Å². The Morgan fingerprint density at radius 2 is 2.19 bits per heavy atom. The van der Waals surface area contributed by atoms with Crippen LogP contribution in [0.15, 0.2) is 24.4 Å². The molecule has 0 aromatic carbocycles. The molecule has 1 atom stereocenters. The number of hydrogen-bond acceptors (Lipinski definition) is 5. The van der Waals surface area contributed by atoms with E-state index in [0.29, 0.717) is 19.6 Å². The number of ether oxygens (including phenoxy) is 1. The summed E-state index contributed by atoms with van der Waals surface area (Å²) in [6, 6.07) is 5.78. The maximum absolute atomic E-state index is 12.7. The van der Waals surface area contributed by atoms with Gasteiger partial charge in [-0.25, -0.2) is 4.79 Å². The summed E-state index contributed by atoms with van der Waals surface area (Å²) in [4.78, 5) is 23.7. The minimum absolute atomic E-state index is 0.0275. The number of amides is 2. The third-order valence-corrected chi connectivity index (χ3v) is 5.11. The zero-order valence-electron chi connectivity index (χ0n) is 15.8. The van der Waals surface area contributed by atoms with Gasteiger partial charge in [0.15, 0.2) is 0 Å². The molecule has 0 saturated carbocycles. The van der Waals surface area contributed by atoms with E-state index in [-0.39, 0.29) is 12.1 Å². The van der Waals surface area contributed by atoms with E-state index in [1.165, 1.54) is 0 Å². The molecule has 1 aromatic rings. The number of nitrogens with one attached hydrogen (secondary N) is 1. The second kappa shape index (κ2) is 9.85. The Morgan fingerprint density at radius 3 is 2.88 bits per heavy atom. The Bertz CT molecular complexity index is 542. The van der Waals surface area contributed by atoms with Gasteiger partial charge in [-0.2, -0.15) is 0 Å². The summed E-state index contributed by atoms with van der Waals surface area (Å²) in [7, 11) is 2.15. The molecule has 0 aliphatic carbocycles. The number of rotatable bonds is 7. The zero-order valence-corrected chi connectivity index (χ0v) is 15.8. The van der Waals surface area contributed by atoms with E-state index in [4.69, 9.17) is 4.74 Å². The molecule has 2 aliphatic heterocycles. The van der Waals surface area contributed by atoms with Crippen molar-refractivity contribution in [2.45, 2.75) is 25.5 Å². The van der Waals surface area contributed by atoms with Gasteiger partial charge in [-0.1, -0.05) is 6.07 Å². The molecule has 2 aliphatic rings. The predicted molar refractivity (Wildman–Crippen MR) is 101 cm³/mol. The van der Waals surface area contributed by atoms with Gasteiger partial charge in [0, 0.05) is 58.6 Å². The van der Waals surface area contributed by atoms with Gasteiger partial charge in [0.25, 0.3) is 0 Å². The van der Waals surface area contributed by atoms with Gasteiger partial charge in [-0.15, -0.1) is 0 Å². The molecule has 0 spiro atoms. The Kier molecular flexibility index (Phi) is 7.22. The van der Waals surface area contributed by atoms with E-state index < -0.39 is 0 Å². The average molecular weight is 361 g/mol. The third-order valence-electron chi connectivity index (χ3n) is 5.11. The molecule has 2 amide bonds. The van der Waals surface area contributed by atoms with Crippen LogP contribution in [0.5, 0.6) is 0 Å². The normalized spacial score (nSPS) is 21.7. The summed E-state index contributed by atoms with van der Waals surface area (Å²) in [6.07, 6.45) is 4.01. The molecule has 2 fully saturated rings. The molecular formula is C19H31N5O2. The van der Waals surface area contributed by atoms with Crippen LogP contribution in [0.1, 0.15) is 18.5 Å². The molecule has 7 heteroatoms. The number of nitrogens with zero attached hydrogens (tertiary/aromatic N) is 4. The number of pyridine rings is 1. The second-order valence-corrected chi connectivity index (χ2v) is 7.21. The summed E-state index contributed by atoms with van der Waals surface area (Å²) < 4.78 is 5.73. The van der Waals surface area contributed by atoms with E-state index in [9.17, 15) is 4.79 Å². The van der Waals surface area contributed by atoms with Crippen molar-refractivity contribution in [3.05, 3.63) is 30.1 Å². The van der Waals surface area contributed by atoms with E-state index in [0.717, 1.165) is 57.9 Å². The maximum atomic E-state index is 12.7. The fourth-order valence-electron chi connectivity index (χ4n) is 3.44. The SMILES string of the molecule is CN1CCN(CCNC(=O)N(Cc2ccccn2)C[C@H]2CCCO2)CC1. The minimum atomic E-state index is -0.0275. The van der Waals surface area contributed by atoms with Crippen molar-refractivity contribution in [3.8, 4) is 0 Å². The van der Waals surface area contributed by atoms with Gasteiger partial charge in [-0.05, 0) is 32.0 Å². The Hall–Kier alpha value is -1.70. The maximum Gasteiger partial charge on any atom is 0.317 e. The number of carbonyl (C=O) groups is 1. The molecule has 3 heterocycles. The van der Waals surface area contributed by atoms with Crippen molar-refractivity contribution in [1.29, 1.82) is 0 Å². The van der Waals surface area contributed by atoms with E-state index in [1.807, 2.05) is 23.1 Å². The minimum Gasteiger partial charge on any atom is -0.376 e. The van der Waals surface area contributed by atoms with Gasteiger partial charge in [0.2, 0.25) is 0 Å². The first kappa shape index (κ1) is 19.1. The van der Waals surface area contributed by atoms with Crippen LogP contribution in [0.4, 0.5) is 4.79 Å². The summed E-state index contributed by atoms with van der Waals surface area (Å²) in [6.45, 7) is 7.84. The number of piperazine rings is 1. The van der Waals surface area contributed by atoms with Crippen LogP contribution >= 0.6 is 0 Å². The highest BCUT2D eigenvalue weighted by Gasteiger charge is 2.23. The number of carbonyl (C=O) groups excluding carboxylic acids is 1. The van der Waals surface area contributed by atoms with Crippen LogP contribution in [0.3, 0.4) is 0 Å². The van der Waals surface area contributed by atoms with Crippen LogP contribution in [-0.2, 0) is 11.3 Å². The van der Waals surface area contributed by atoms with Crippen molar-refractivity contribution in [1.82, 2.24) is 25.0 Å². The lowest BCUT2D eigenvalue weighted by Crippen LogP contribution is -2.49. The first-order valence-corrected chi connectivity index (χ1v) is 9.66. The standard InChI is InChI=1S/C19H31N5O2/c1-22-10-12-23(13-11-22)9-8-21-19(25)24(16-18-6-4-14-26-18)15-17-5-2-3-7-20-17/h2-3,5,7,18H,4,6,8-16H2,1H3,(H,21,25)/t18-/m1/s1. The Labute approximate surface area is 156 Å². The third kappa shape index (κ3) is 5.93. The molecular weight excluding hydrogens is 330 g/mol. The lowest BCUT2D eigenvalue weighted by atomic mass is 10.2. The van der Waals surface area contributed by atoms with Crippen LogP contribution in [0, 0.1) is 0 Å². The predicted octanol–water partition coefficient (Wildman–Crippen LogP) is 1.02. The quantitative estimate of drug-likeness (QED) is 0.786. The molecule has 7 nitrogen and oxygen atoms in total. The topological polar surface area (TPSA) is 60.9 Å². The average Bonchev–Trinajstić information content (AvgIpc) is 3.17. The summed E-state index contributed by atoms with van der Waals surface area (Å²) >= 11 is 0. The van der Waals surface area contributed by atoms with Crippen LogP contribution in [-0.4, -0.2) is 91.3 Å². The molecule has 0 bridgehead atoms. The first-order chi connectivity index (χ1) is 12.7. The number of likely N-dealkylation sites (N-methyl/N-ethyl adjacent to an activating group) is 1. The van der Waals surface area contributed by atoms with E-state index >= 15 is 0 Å². The molecule has 26 heavy (non-hydrogen) atoms. The number of hydrogen-bond donors (Lipinski definition) is 1. The summed E-state index contributed by atoms with van der Waals surface area (Å²) in [5.74, 6) is 0. The number of urea groups is 1. The lowest BCUT2D eigenvalue weighted by Gasteiger charge is -2.32. The molecule has 144 valence electrons. The molecule has 2 saturated heterocycles. The van der Waals surface area contributed by atoms with Gasteiger partial charge < -0.3 is 19.9 Å². The molecule has 1 aromatic heterocycles. The fraction of sp³-hybridized carbons (Fsp3) is 0.684. The number of aromatic nitrogens is 1. The lowest BCUT2D eigenvalue weighted by molar-refractivity contribution is 0.0788. The molecule has 0 unspecified atom stereocenters. The van der Waals surface area contributed by atoms with Crippen molar-refractivity contribution in [3.63, 3.8) is 0 Å². The van der Waals surface area contributed by atoms with Crippen LogP contribution < -0.4 is 5.32 Å². The summed E-state index contributed by atoms with van der Waals surface area (Å²) in [5.41, 5.74) is 0.903. The summed E-state index contributed by atoms with van der Waals surface area (Å²) in [5, 5.41) is 3.08. The highest BCUT2D eigenvalue weighted by atomic mass is 16.5. The highest BCUT2D eigenvalue weighted by Crippen LogP contribution is 2.14. The second-order valence-electron chi connectivity index (χ2n) is 7.21. The van der Waals surface area contributed by atoms with Crippen molar-refractivity contribution < 1.29 is 9.53 Å². The highest BCUT2D eigenvalue weighted by molar-refractivity contribution is 5.74. The Balaban J connectivity index is 1.48. The van der Waals surface area contributed by atoms with E-state index in [1.54, 1.807) is 6.20 Å². The fourth-order valence-corrected chi connectivity index (χ4v) is 3.44. The molecule has 3 rings (SSSR count). The first-order valence-electron chi connectivity index (χ1n) is 9.66. The molecule has 1 N–H and O–H groups in total. The smallest absolute Gasteiger partial charge is 0.317 e. The molecule has 0 radical (unpaired) electrons. The Morgan fingerprint density at radius 1 is 1.35 bits per heavy atom. The van der Waals surface area contributed by atoms with E-state index in [2.05, 4.69) is 27.1 Å². The largest absolute Gasteiger partial charge is 0.376 e. The van der Waals surface area contributed by atoms with Gasteiger partial charge in [0.1, 0.15) is 0 Å². The van der Waals surface area contributed by atoms with Crippen molar-refractivity contribution >= 4 is 6.03 Å². The van der Waals surface area contributed by atoms with Crippen molar-refractivity contribution in [2.24, 2.45) is 0 Å². The van der Waals surface area contributed by atoms with Gasteiger partial charge >= 0.3 is 6.03 Å². The van der Waals surface area contributed by atoms with Gasteiger partial charge in [-0.3, -0.25) is 9.88 Å². The van der Waals surface area contributed by atoms with Crippen molar-refractivity contribution in [2.75, 3.05) is 59.5 Å². The monoisotopic (exact) mass is 361 g/mol.